The first kappa shape index (κ1) is 43.3. The van der Waals surface area contributed by atoms with Crippen LogP contribution in [0.2, 0.25) is 0 Å². The van der Waals surface area contributed by atoms with Crippen LogP contribution in [0.3, 0.4) is 0 Å². The van der Waals surface area contributed by atoms with Crippen LogP contribution in [-0.4, -0.2) is 127 Å². The van der Waals surface area contributed by atoms with Gasteiger partial charge in [0.1, 0.15) is 42.7 Å². The summed E-state index contributed by atoms with van der Waals surface area (Å²) in [5.74, 6) is -1.57. The largest absolute Gasteiger partial charge is 0.481 e. The Bertz CT molecular complexity index is 1580. The second-order valence-corrected chi connectivity index (χ2v) is 20.8. The van der Waals surface area contributed by atoms with Gasteiger partial charge in [0.25, 0.3) is 0 Å². The van der Waals surface area contributed by atoms with Gasteiger partial charge in [0.2, 0.25) is 0 Å². The SMILES string of the molecule is CC1(C)CC[C@]2(C(=O)O)CC[C@]3(C)C(=CC[C@@H]4[C@@]5(C)CC[C@H](O[C@H]6O[C@H](CO)[C@H](O)[C@H](O)[C@H]6O[C@@H]6O[C@H](C(=O)OO)[C@@H](O)[C@H](O)[C@H]6O)C(C)(C)[C@@H]5CC[C@]43C)[C@@H]2C1. The van der Waals surface area contributed by atoms with Crippen molar-refractivity contribution in [2.45, 2.75) is 180 Å². The Labute approximate surface area is 334 Å². The van der Waals surface area contributed by atoms with Gasteiger partial charge in [-0.1, -0.05) is 60.1 Å². The van der Waals surface area contributed by atoms with Crippen LogP contribution in [-0.2, 0) is 33.4 Å². The molecule has 7 aliphatic rings. The molecule has 0 spiro atoms. The molecule has 0 unspecified atom stereocenters. The number of fused-ring (bicyclic) bond motifs is 7. The fraction of sp³-hybridized carbons (Fsp3) is 0.905. The van der Waals surface area contributed by atoms with Crippen molar-refractivity contribution < 1.29 is 74.4 Å². The Morgan fingerprint density at radius 2 is 1.46 bits per heavy atom. The number of aliphatic hydroxyl groups is 6. The molecule has 57 heavy (non-hydrogen) atoms. The maximum atomic E-state index is 13.1. The second kappa shape index (κ2) is 14.7. The van der Waals surface area contributed by atoms with Gasteiger partial charge < -0.3 is 54.7 Å². The number of allylic oxidation sites excluding steroid dienone is 2. The van der Waals surface area contributed by atoms with Crippen molar-refractivity contribution in [1.29, 1.82) is 0 Å². The van der Waals surface area contributed by atoms with Gasteiger partial charge in [-0.05, 0) is 109 Å². The normalized spacial score (nSPS) is 51.6. The first-order chi connectivity index (χ1) is 26.5. The predicted molar refractivity (Wildman–Crippen MR) is 200 cm³/mol. The third-order valence-electron chi connectivity index (χ3n) is 17.3. The molecule has 0 aromatic carbocycles. The lowest BCUT2D eigenvalue weighted by Gasteiger charge is -2.71. The van der Waals surface area contributed by atoms with E-state index >= 15 is 0 Å². The van der Waals surface area contributed by atoms with Gasteiger partial charge in [-0.15, -0.1) is 0 Å². The maximum Gasteiger partial charge on any atom is 0.373 e. The van der Waals surface area contributed by atoms with E-state index in [1.54, 1.807) is 0 Å². The standard InChI is InChI=1S/C42H66O15/c1-37(2)14-16-42(36(50)51)17-15-40(6)20(21(42)18-37)8-9-24-39(5)12-11-25(38(3,4)23(39)10-13-41(24,40)7)54-35-32(28(46)26(44)22(19-43)53-35)56-34-30(48)27(45)29(47)31(55-34)33(49)57-52/h8,21-32,34-35,43-48,52H,9-19H2,1-7H3,(H,50,51)/t21-,22+,23-,24+,25-,26-,27-,28-,29-,30+,31-,32+,34-,35+,39-,40+,41+,42-/m0/s1. The van der Waals surface area contributed by atoms with Crippen molar-refractivity contribution in [1.82, 2.24) is 0 Å². The molecule has 18 atom stereocenters. The Hall–Kier alpha value is -1.76. The number of carboxylic acid groups (broad SMARTS) is 1. The number of ether oxygens (including phenoxy) is 4. The highest BCUT2D eigenvalue weighted by molar-refractivity contribution is 5.77. The smallest absolute Gasteiger partial charge is 0.373 e. The average molecular weight is 811 g/mol. The van der Waals surface area contributed by atoms with E-state index in [-0.39, 0.29) is 33.5 Å². The number of carbonyl (C=O) groups excluding carboxylic acids is 1. The Morgan fingerprint density at radius 3 is 2.11 bits per heavy atom. The van der Waals surface area contributed by atoms with Crippen LogP contribution in [0.1, 0.15) is 113 Å². The van der Waals surface area contributed by atoms with Gasteiger partial charge in [0.15, 0.2) is 18.7 Å². The van der Waals surface area contributed by atoms with Crippen LogP contribution >= 0.6 is 0 Å². The van der Waals surface area contributed by atoms with E-state index in [2.05, 4.69) is 59.4 Å². The molecular formula is C42H66O15. The van der Waals surface area contributed by atoms with E-state index in [0.29, 0.717) is 25.2 Å². The van der Waals surface area contributed by atoms with Crippen LogP contribution in [0.5, 0.6) is 0 Å². The summed E-state index contributed by atoms with van der Waals surface area (Å²) < 4.78 is 24.1. The summed E-state index contributed by atoms with van der Waals surface area (Å²) in [7, 11) is 0. The minimum Gasteiger partial charge on any atom is -0.481 e. The number of hydrogen-bond donors (Lipinski definition) is 8. The van der Waals surface area contributed by atoms with Crippen LogP contribution < -0.4 is 0 Å². The van der Waals surface area contributed by atoms with E-state index < -0.39 is 96.9 Å². The zero-order valence-electron chi connectivity index (χ0n) is 34.4. The minimum atomic E-state index is -1.98. The number of carbonyl (C=O) groups is 2. The second-order valence-electron chi connectivity index (χ2n) is 20.8. The van der Waals surface area contributed by atoms with Crippen molar-refractivity contribution in [3.05, 3.63) is 11.6 Å². The van der Waals surface area contributed by atoms with E-state index in [0.717, 1.165) is 44.9 Å². The van der Waals surface area contributed by atoms with Gasteiger partial charge in [-0.3, -0.25) is 9.68 Å². The number of carboxylic acids is 1. The van der Waals surface area contributed by atoms with Gasteiger partial charge in [0, 0.05) is 0 Å². The molecule has 0 amide bonds. The molecule has 4 saturated carbocycles. The molecule has 0 bridgehead atoms. The van der Waals surface area contributed by atoms with Crippen LogP contribution in [0, 0.1) is 50.2 Å². The number of rotatable bonds is 7. The Morgan fingerprint density at radius 1 is 0.772 bits per heavy atom. The lowest BCUT2D eigenvalue weighted by molar-refractivity contribution is -0.377. The summed E-state index contributed by atoms with van der Waals surface area (Å²) in [5, 5.41) is 83.4. The fourth-order valence-corrected chi connectivity index (χ4v) is 13.7. The molecule has 6 fully saturated rings. The quantitative estimate of drug-likeness (QED) is 0.0798. The van der Waals surface area contributed by atoms with Gasteiger partial charge in [0.05, 0.1) is 18.1 Å². The third kappa shape index (κ3) is 6.47. The molecule has 2 aliphatic heterocycles. The maximum absolute atomic E-state index is 13.1. The van der Waals surface area contributed by atoms with Crippen molar-refractivity contribution in [2.75, 3.05) is 6.61 Å². The van der Waals surface area contributed by atoms with E-state index in [1.165, 1.54) is 5.57 Å². The van der Waals surface area contributed by atoms with Crippen molar-refractivity contribution in [3.63, 3.8) is 0 Å². The monoisotopic (exact) mass is 810 g/mol. The summed E-state index contributed by atoms with van der Waals surface area (Å²) in [4.78, 5) is 28.9. The zero-order chi connectivity index (χ0) is 41.8. The summed E-state index contributed by atoms with van der Waals surface area (Å²) in [5.41, 5.74) is -0.0245. The van der Waals surface area contributed by atoms with Gasteiger partial charge in [-0.25, -0.2) is 4.79 Å². The topological polar surface area (TPSA) is 242 Å². The highest BCUT2D eigenvalue weighted by atomic mass is 17.1. The molecule has 0 aromatic rings. The van der Waals surface area contributed by atoms with E-state index in [1.807, 2.05) is 0 Å². The van der Waals surface area contributed by atoms with E-state index in [4.69, 9.17) is 24.2 Å². The number of hydrogen-bond acceptors (Lipinski definition) is 14. The van der Waals surface area contributed by atoms with Crippen molar-refractivity contribution >= 4 is 11.9 Å². The minimum absolute atomic E-state index is 0.0199. The third-order valence-corrected chi connectivity index (χ3v) is 17.3. The Balaban J connectivity index is 1.15. The molecule has 15 heteroatoms. The molecule has 7 rings (SSSR count). The first-order valence-corrected chi connectivity index (χ1v) is 21.0. The van der Waals surface area contributed by atoms with Crippen molar-refractivity contribution in [3.8, 4) is 0 Å². The highest BCUT2D eigenvalue weighted by Gasteiger charge is 2.70. The highest BCUT2D eigenvalue weighted by Crippen LogP contribution is 2.76. The zero-order valence-corrected chi connectivity index (χ0v) is 34.4. The molecule has 0 radical (unpaired) electrons. The molecule has 2 saturated heterocycles. The van der Waals surface area contributed by atoms with Crippen molar-refractivity contribution in [2.24, 2.45) is 50.2 Å². The number of aliphatic hydroxyl groups excluding tert-OH is 6. The predicted octanol–water partition coefficient (Wildman–Crippen LogP) is 2.91. The molecular weight excluding hydrogens is 744 g/mol. The molecule has 0 aromatic heterocycles. The molecule has 2 heterocycles. The van der Waals surface area contributed by atoms with Gasteiger partial charge in [-0.2, -0.15) is 5.26 Å². The lowest BCUT2D eigenvalue weighted by Crippen LogP contribution is -2.67. The Kier molecular flexibility index (Phi) is 11.2. The summed E-state index contributed by atoms with van der Waals surface area (Å²) in [6, 6.07) is 0. The van der Waals surface area contributed by atoms with Gasteiger partial charge >= 0.3 is 11.9 Å². The summed E-state index contributed by atoms with van der Waals surface area (Å²) in [6.45, 7) is 15.5. The van der Waals surface area contributed by atoms with Crippen LogP contribution in [0.15, 0.2) is 11.6 Å². The van der Waals surface area contributed by atoms with Crippen LogP contribution in [0.4, 0.5) is 0 Å². The molecule has 15 nitrogen and oxygen atoms in total. The van der Waals surface area contributed by atoms with Crippen LogP contribution in [0.25, 0.3) is 0 Å². The molecule has 8 N–H and O–H groups in total. The average Bonchev–Trinajstić information content (AvgIpc) is 3.15. The summed E-state index contributed by atoms with van der Waals surface area (Å²) >= 11 is 0. The lowest BCUT2D eigenvalue weighted by atomic mass is 9.33. The summed E-state index contributed by atoms with van der Waals surface area (Å²) in [6.07, 6.45) is -7.16. The number of aliphatic carboxylic acids is 1. The molecule has 324 valence electrons. The van der Waals surface area contributed by atoms with E-state index in [9.17, 15) is 45.3 Å². The first-order valence-electron chi connectivity index (χ1n) is 21.0. The fourth-order valence-electron chi connectivity index (χ4n) is 13.7. The molecule has 5 aliphatic carbocycles.